The van der Waals surface area contributed by atoms with Gasteiger partial charge in [-0.3, -0.25) is 0 Å². The van der Waals surface area contributed by atoms with Gasteiger partial charge >= 0.3 is 6.03 Å². The van der Waals surface area contributed by atoms with Crippen molar-refractivity contribution in [1.29, 1.82) is 0 Å². The highest BCUT2D eigenvalue weighted by atomic mass is 35.5. The van der Waals surface area contributed by atoms with Gasteiger partial charge in [-0.05, 0) is 32.4 Å². The van der Waals surface area contributed by atoms with E-state index < -0.39 is 0 Å². The van der Waals surface area contributed by atoms with Gasteiger partial charge < -0.3 is 10.1 Å². The van der Waals surface area contributed by atoms with Gasteiger partial charge in [0.15, 0.2) is 0 Å². The first-order valence-corrected chi connectivity index (χ1v) is 6.54. The first-order valence-electron chi connectivity index (χ1n) is 6.16. The SMILES string of the molecule is CCNC(=O)n1nc(Oc2ncc(C)cc2Cl)cc1C. The van der Waals surface area contributed by atoms with Gasteiger partial charge in [0.2, 0.25) is 11.8 Å². The summed E-state index contributed by atoms with van der Waals surface area (Å²) >= 11 is 6.04. The smallest absolute Gasteiger partial charge is 0.342 e. The predicted octanol–water partition coefficient (Wildman–Crippen LogP) is 2.92. The third kappa shape index (κ3) is 3.08. The number of carbonyl (C=O) groups is 1. The van der Waals surface area contributed by atoms with Gasteiger partial charge in [0.25, 0.3) is 0 Å². The van der Waals surface area contributed by atoms with Crippen LogP contribution in [-0.4, -0.2) is 27.3 Å². The maximum Gasteiger partial charge on any atom is 0.342 e. The van der Waals surface area contributed by atoms with Gasteiger partial charge in [0.1, 0.15) is 5.02 Å². The largest absolute Gasteiger partial charge is 0.417 e. The number of rotatable bonds is 3. The van der Waals surface area contributed by atoms with Gasteiger partial charge in [-0.15, -0.1) is 5.10 Å². The number of carbonyl (C=O) groups excluding carboxylic acids is 1. The van der Waals surface area contributed by atoms with E-state index in [1.807, 2.05) is 13.8 Å². The molecule has 2 rings (SSSR count). The van der Waals surface area contributed by atoms with Crippen molar-refractivity contribution in [1.82, 2.24) is 20.1 Å². The molecule has 2 aromatic rings. The van der Waals surface area contributed by atoms with E-state index >= 15 is 0 Å². The summed E-state index contributed by atoms with van der Waals surface area (Å²) in [5, 5.41) is 7.13. The second-order valence-electron chi connectivity index (χ2n) is 4.27. The summed E-state index contributed by atoms with van der Waals surface area (Å²) in [5.41, 5.74) is 1.60. The molecule has 0 saturated heterocycles. The molecule has 1 amide bonds. The molecule has 0 saturated carbocycles. The summed E-state index contributed by atoms with van der Waals surface area (Å²) in [6.07, 6.45) is 1.65. The lowest BCUT2D eigenvalue weighted by Crippen LogP contribution is -2.29. The Bertz CT molecular complexity index is 639. The molecule has 0 radical (unpaired) electrons. The van der Waals surface area contributed by atoms with Crippen molar-refractivity contribution < 1.29 is 9.53 Å². The quantitative estimate of drug-likeness (QED) is 0.945. The van der Waals surface area contributed by atoms with Crippen molar-refractivity contribution in [3.8, 4) is 11.8 Å². The number of halogens is 1. The zero-order chi connectivity index (χ0) is 14.7. The van der Waals surface area contributed by atoms with Crippen LogP contribution in [0.1, 0.15) is 18.2 Å². The van der Waals surface area contributed by atoms with E-state index in [1.54, 1.807) is 25.3 Å². The molecular weight excluding hydrogens is 280 g/mol. The molecule has 0 aliphatic rings. The van der Waals surface area contributed by atoms with Gasteiger partial charge in [0, 0.05) is 18.8 Å². The van der Waals surface area contributed by atoms with Crippen LogP contribution < -0.4 is 10.1 Å². The fourth-order valence-electron chi connectivity index (χ4n) is 1.62. The molecule has 1 N–H and O–H groups in total. The highest BCUT2D eigenvalue weighted by Gasteiger charge is 2.13. The standard InChI is InChI=1S/C13H15ClN4O2/c1-4-15-13(19)18-9(3)6-11(17-18)20-12-10(14)5-8(2)7-16-12/h5-7H,4H2,1-3H3,(H,15,19). The van der Waals surface area contributed by atoms with E-state index in [-0.39, 0.29) is 17.8 Å². The van der Waals surface area contributed by atoms with Gasteiger partial charge in [0.05, 0.1) is 5.69 Å². The van der Waals surface area contributed by atoms with E-state index in [2.05, 4.69) is 15.4 Å². The average molecular weight is 295 g/mol. The predicted molar refractivity (Wildman–Crippen MR) is 75.5 cm³/mol. The molecule has 20 heavy (non-hydrogen) atoms. The van der Waals surface area contributed by atoms with Crippen LogP contribution in [0.3, 0.4) is 0 Å². The van der Waals surface area contributed by atoms with Crippen molar-refractivity contribution in [3.05, 3.63) is 34.6 Å². The minimum Gasteiger partial charge on any atom is -0.417 e. The van der Waals surface area contributed by atoms with Crippen molar-refractivity contribution in [2.24, 2.45) is 0 Å². The number of ether oxygens (including phenoxy) is 1. The summed E-state index contributed by atoms with van der Waals surface area (Å²) in [6, 6.07) is 3.09. The third-order valence-electron chi connectivity index (χ3n) is 2.53. The van der Waals surface area contributed by atoms with Crippen molar-refractivity contribution in [2.75, 3.05) is 6.54 Å². The van der Waals surface area contributed by atoms with Crippen LogP contribution >= 0.6 is 11.6 Å². The Kier molecular flexibility index (Phi) is 4.24. The highest BCUT2D eigenvalue weighted by molar-refractivity contribution is 6.31. The van der Waals surface area contributed by atoms with E-state index in [0.29, 0.717) is 17.3 Å². The van der Waals surface area contributed by atoms with Gasteiger partial charge in [-0.1, -0.05) is 11.6 Å². The normalized spacial score (nSPS) is 10.4. The number of hydrogen-bond donors (Lipinski definition) is 1. The molecule has 0 fully saturated rings. The lowest BCUT2D eigenvalue weighted by Gasteiger charge is -2.04. The summed E-state index contributed by atoms with van der Waals surface area (Å²) in [6.45, 7) is 6.01. The summed E-state index contributed by atoms with van der Waals surface area (Å²) < 4.78 is 6.74. The number of amides is 1. The summed E-state index contributed by atoms with van der Waals surface area (Å²) in [4.78, 5) is 15.8. The minimum atomic E-state index is -0.303. The molecule has 0 aliphatic carbocycles. The Morgan fingerprint density at radius 1 is 1.45 bits per heavy atom. The molecule has 0 unspecified atom stereocenters. The molecule has 0 bridgehead atoms. The summed E-state index contributed by atoms with van der Waals surface area (Å²) in [7, 11) is 0. The van der Waals surface area contributed by atoms with E-state index in [9.17, 15) is 4.79 Å². The fraction of sp³-hybridized carbons (Fsp3) is 0.308. The molecular formula is C13H15ClN4O2. The fourth-order valence-corrected chi connectivity index (χ4v) is 1.88. The third-order valence-corrected chi connectivity index (χ3v) is 2.80. The number of aromatic nitrogens is 3. The molecule has 0 aromatic carbocycles. The zero-order valence-corrected chi connectivity index (χ0v) is 12.2. The van der Waals surface area contributed by atoms with Crippen molar-refractivity contribution in [3.63, 3.8) is 0 Å². The van der Waals surface area contributed by atoms with Crippen LogP contribution in [0, 0.1) is 13.8 Å². The molecule has 7 heteroatoms. The Hall–Kier alpha value is -2.08. The lowest BCUT2D eigenvalue weighted by molar-refractivity contribution is 0.239. The number of nitrogens with zero attached hydrogens (tertiary/aromatic N) is 3. The Labute approximate surface area is 121 Å². The maximum atomic E-state index is 11.7. The van der Waals surface area contributed by atoms with Gasteiger partial charge in [-0.25, -0.2) is 9.78 Å². The topological polar surface area (TPSA) is 69.0 Å². The first-order chi connectivity index (χ1) is 9.51. The van der Waals surface area contributed by atoms with Gasteiger partial charge in [-0.2, -0.15) is 4.68 Å². The molecule has 0 spiro atoms. The Morgan fingerprint density at radius 2 is 2.20 bits per heavy atom. The van der Waals surface area contributed by atoms with E-state index in [1.165, 1.54) is 4.68 Å². The van der Waals surface area contributed by atoms with Crippen molar-refractivity contribution in [2.45, 2.75) is 20.8 Å². The molecule has 0 atom stereocenters. The molecule has 2 heterocycles. The Morgan fingerprint density at radius 3 is 2.85 bits per heavy atom. The van der Waals surface area contributed by atoms with E-state index in [0.717, 1.165) is 5.56 Å². The monoisotopic (exact) mass is 294 g/mol. The second kappa shape index (κ2) is 5.92. The Balaban J connectivity index is 2.22. The van der Waals surface area contributed by atoms with Crippen LogP contribution in [0.2, 0.25) is 5.02 Å². The number of pyridine rings is 1. The molecule has 0 aliphatic heterocycles. The summed E-state index contributed by atoms with van der Waals surface area (Å²) in [5.74, 6) is 0.532. The van der Waals surface area contributed by atoms with Crippen LogP contribution in [0.25, 0.3) is 0 Å². The zero-order valence-electron chi connectivity index (χ0n) is 11.5. The lowest BCUT2D eigenvalue weighted by atomic mass is 10.3. The second-order valence-corrected chi connectivity index (χ2v) is 4.68. The number of nitrogens with one attached hydrogen (secondary N) is 1. The maximum absolute atomic E-state index is 11.7. The average Bonchev–Trinajstić information content (AvgIpc) is 2.74. The number of hydrogen-bond acceptors (Lipinski definition) is 4. The van der Waals surface area contributed by atoms with Crippen LogP contribution in [0.4, 0.5) is 4.79 Å². The number of aryl methyl sites for hydroxylation is 2. The molecule has 106 valence electrons. The molecule has 6 nitrogen and oxygen atoms in total. The van der Waals surface area contributed by atoms with Crippen LogP contribution in [0.15, 0.2) is 18.3 Å². The van der Waals surface area contributed by atoms with Crippen molar-refractivity contribution >= 4 is 17.6 Å². The van der Waals surface area contributed by atoms with Crippen LogP contribution in [0.5, 0.6) is 11.8 Å². The van der Waals surface area contributed by atoms with Crippen LogP contribution in [-0.2, 0) is 0 Å². The van der Waals surface area contributed by atoms with E-state index in [4.69, 9.17) is 16.3 Å². The minimum absolute atomic E-state index is 0.262. The first kappa shape index (κ1) is 14.3. The highest BCUT2D eigenvalue weighted by Crippen LogP contribution is 2.27. The molecule has 2 aromatic heterocycles.